The molecule has 0 radical (unpaired) electrons. The lowest BCUT2D eigenvalue weighted by Crippen LogP contribution is -2.43. The van der Waals surface area contributed by atoms with Crippen LogP contribution in [0.15, 0.2) is 16.8 Å². The topological polar surface area (TPSA) is 32.5 Å². The molecule has 1 aromatic heterocycles. The van der Waals surface area contributed by atoms with Gasteiger partial charge in [-0.05, 0) is 61.7 Å². The summed E-state index contributed by atoms with van der Waals surface area (Å²) < 4.78 is 0. The van der Waals surface area contributed by atoms with Gasteiger partial charge in [-0.15, -0.1) is 0 Å². The van der Waals surface area contributed by atoms with Crippen LogP contribution in [0.3, 0.4) is 0 Å². The molecule has 2 aliphatic rings. The molecule has 0 spiro atoms. The van der Waals surface area contributed by atoms with Crippen LogP contribution >= 0.6 is 11.3 Å². The summed E-state index contributed by atoms with van der Waals surface area (Å²) in [6.07, 6.45) is 5.51. The summed E-state index contributed by atoms with van der Waals surface area (Å²) in [6.45, 7) is 7.15. The lowest BCUT2D eigenvalue weighted by atomic mass is 10.0. The van der Waals surface area contributed by atoms with E-state index in [2.05, 4.69) is 33.6 Å². The molecular formula is C16H27N3S. The zero-order valence-corrected chi connectivity index (χ0v) is 13.3. The Bertz CT molecular complexity index is 398. The van der Waals surface area contributed by atoms with Crippen molar-refractivity contribution in [3.63, 3.8) is 0 Å². The van der Waals surface area contributed by atoms with E-state index in [1.807, 2.05) is 0 Å². The van der Waals surface area contributed by atoms with E-state index >= 15 is 0 Å². The van der Waals surface area contributed by atoms with Gasteiger partial charge in [0.2, 0.25) is 0 Å². The molecule has 3 atom stereocenters. The fourth-order valence-electron chi connectivity index (χ4n) is 3.89. The molecule has 2 N–H and O–H groups in total. The van der Waals surface area contributed by atoms with Crippen molar-refractivity contribution in [3.05, 3.63) is 22.4 Å². The highest BCUT2D eigenvalue weighted by Crippen LogP contribution is 2.31. The van der Waals surface area contributed by atoms with Crippen LogP contribution in [0.2, 0.25) is 0 Å². The number of nitrogens with two attached hydrogens (primary N) is 1. The molecule has 3 heterocycles. The van der Waals surface area contributed by atoms with E-state index in [-0.39, 0.29) is 6.04 Å². The van der Waals surface area contributed by atoms with Crippen molar-refractivity contribution in [1.29, 1.82) is 0 Å². The minimum Gasteiger partial charge on any atom is -0.326 e. The summed E-state index contributed by atoms with van der Waals surface area (Å²) in [5.74, 6) is 0. The van der Waals surface area contributed by atoms with Crippen LogP contribution in [0, 0.1) is 0 Å². The van der Waals surface area contributed by atoms with Crippen molar-refractivity contribution in [2.24, 2.45) is 5.73 Å². The first-order valence-electron chi connectivity index (χ1n) is 8.01. The number of rotatable bonds is 4. The maximum Gasteiger partial charge on any atom is 0.0505 e. The molecule has 1 aromatic rings. The van der Waals surface area contributed by atoms with E-state index in [0.29, 0.717) is 6.04 Å². The maximum absolute atomic E-state index is 6.28. The molecule has 4 heteroatoms. The van der Waals surface area contributed by atoms with Gasteiger partial charge in [0.05, 0.1) is 6.04 Å². The van der Waals surface area contributed by atoms with E-state index in [1.165, 1.54) is 57.4 Å². The molecule has 0 aliphatic carbocycles. The van der Waals surface area contributed by atoms with Gasteiger partial charge in [-0.1, -0.05) is 6.42 Å². The third kappa shape index (κ3) is 3.08. The summed E-state index contributed by atoms with van der Waals surface area (Å²) in [6, 6.07) is 3.60. The van der Waals surface area contributed by atoms with E-state index in [0.717, 1.165) is 6.04 Å². The number of nitrogens with zero attached hydrogens (tertiary/aromatic N) is 2. The van der Waals surface area contributed by atoms with Gasteiger partial charge in [0.25, 0.3) is 0 Å². The van der Waals surface area contributed by atoms with E-state index < -0.39 is 0 Å². The molecule has 0 aromatic carbocycles. The van der Waals surface area contributed by atoms with Gasteiger partial charge < -0.3 is 5.73 Å². The Morgan fingerprint density at radius 2 is 2.05 bits per heavy atom. The predicted molar refractivity (Wildman–Crippen MR) is 86.1 cm³/mol. The second kappa shape index (κ2) is 6.56. The third-order valence-corrected chi connectivity index (χ3v) is 5.58. The summed E-state index contributed by atoms with van der Waals surface area (Å²) >= 11 is 1.78. The Morgan fingerprint density at radius 3 is 2.70 bits per heavy atom. The SMILES string of the molecule is CC(N)C(c1ccsc1)N1CCC(N2CCCCC2)C1. The first-order chi connectivity index (χ1) is 9.75. The molecule has 0 saturated carbocycles. The van der Waals surface area contributed by atoms with Crippen LogP contribution < -0.4 is 5.73 Å². The Balaban J connectivity index is 1.65. The van der Waals surface area contributed by atoms with Crippen molar-refractivity contribution in [3.8, 4) is 0 Å². The summed E-state index contributed by atoms with van der Waals surface area (Å²) in [4.78, 5) is 5.33. The minimum atomic E-state index is 0.199. The highest BCUT2D eigenvalue weighted by molar-refractivity contribution is 7.07. The molecule has 2 saturated heterocycles. The molecule has 3 rings (SSSR count). The highest BCUT2D eigenvalue weighted by Gasteiger charge is 2.34. The first-order valence-corrected chi connectivity index (χ1v) is 8.96. The van der Waals surface area contributed by atoms with Gasteiger partial charge >= 0.3 is 0 Å². The predicted octanol–water partition coefficient (Wildman–Crippen LogP) is 2.70. The standard InChI is InChI=1S/C16H27N3S/c1-13(17)16(14-6-10-20-12-14)19-9-5-15(11-19)18-7-3-2-4-8-18/h6,10,12-13,15-16H,2-5,7-9,11,17H2,1H3. The first kappa shape index (κ1) is 14.5. The van der Waals surface area contributed by atoms with Crippen LogP contribution in [0.5, 0.6) is 0 Å². The van der Waals surface area contributed by atoms with Crippen molar-refractivity contribution < 1.29 is 0 Å². The van der Waals surface area contributed by atoms with Crippen LogP contribution in [-0.2, 0) is 0 Å². The fraction of sp³-hybridized carbons (Fsp3) is 0.750. The zero-order valence-electron chi connectivity index (χ0n) is 12.5. The molecular weight excluding hydrogens is 266 g/mol. The van der Waals surface area contributed by atoms with Crippen LogP contribution in [-0.4, -0.2) is 48.1 Å². The molecule has 2 fully saturated rings. The molecule has 3 unspecified atom stereocenters. The Hall–Kier alpha value is -0.420. The third-order valence-electron chi connectivity index (χ3n) is 4.88. The average Bonchev–Trinajstić information content (AvgIpc) is 3.12. The van der Waals surface area contributed by atoms with Crippen molar-refractivity contribution in [2.45, 2.75) is 50.7 Å². The Kier molecular flexibility index (Phi) is 4.76. The monoisotopic (exact) mass is 293 g/mol. The number of hydrogen-bond donors (Lipinski definition) is 1. The van der Waals surface area contributed by atoms with Gasteiger partial charge in [-0.25, -0.2) is 0 Å². The summed E-state index contributed by atoms with van der Waals surface area (Å²) in [7, 11) is 0. The zero-order chi connectivity index (χ0) is 13.9. The van der Waals surface area contributed by atoms with Crippen LogP contribution in [0.4, 0.5) is 0 Å². The van der Waals surface area contributed by atoms with E-state index in [9.17, 15) is 0 Å². The number of hydrogen-bond acceptors (Lipinski definition) is 4. The lowest BCUT2D eigenvalue weighted by Gasteiger charge is -2.34. The highest BCUT2D eigenvalue weighted by atomic mass is 32.1. The van der Waals surface area contributed by atoms with Gasteiger partial charge in [0.1, 0.15) is 0 Å². The normalized spacial score (nSPS) is 28.6. The maximum atomic E-state index is 6.28. The second-order valence-corrected chi connectivity index (χ2v) is 7.17. The lowest BCUT2D eigenvalue weighted by molar-refractivity contribution is 0.147. The fourth-order valence-corrected chi connectivity index (χ4v) is 4.58. The summed E-state index contributed by atoms with van der Waals surface area (Å²) in [5, 5.41) is 4.44. The van der Waals surface area contributed by atoms with Gasteiger partial charge in [-0.3, -0.25) is 9.80 Å². The van der Waals surface area contributed by atoms with Crippen molar-refractivity contribution in [2.75, 3.05) is 26.2 Å². The number of thiophene rings is 1. The largest absolute Gasteiger partial charge is 0.326 e. The Morgan fingerprint density at radius 1 is 1.25 bits per heavy atom. The molecule has 3 nitrogen and oxygen atoms in total. The Labute approximate surface area is 126 Å². The number of piperidine rings is 1. The van der Waals surface area contributed by atoms with Gasteiger partial charge in [-0.2, -0.15) is 11.3 Å². The van der Waals surface area contributed by atoms with Crippen molar-refractivity contribution in [1.82, 2.24) is 9.80 Å². The molecule has 20 heavy (non-hydrogen) atoms. The van der Waals surface area contributed by atoms with Crippen molar-refractivity contribution >= 4 is 11.3 Å². The summed E-state index contributed by atoms with van der Waals surface area (Å²) in [5.41, 5.74) is 7.69. The molecule has 0 amide bonds. The molecule has 112 valence electrons. The second-order valence-electron chi connectivity index (χ2n) is 6.39. The minimum absolute atomic E-state index is 0.199. The molecule has 0 bridgehead atoms. The van der Waals surface area contributed by atoms with E-state index in [4.69, 9.17) is 5.73 Å². The molecule has 2 aliphatic heterocycles. The average molecular weight is 293 g/mol. The van der Waals surface area contributed by atoms with E-state index in [1.54, 1.807) is 11.3 Å². The van der Waals surface area contributed by atoms with Gasteiger partial charge in [0, 0.05) is 25.2 Å². The smallest absolute Gasteiger partial charge is 0.0505 e. The van der Waals surface area contributed by atoms with Gasteiger partial charge in [0.15, 0.2) is 0 Å². The quantitative estimate of drug-likeness (QED) is 0.926. The number of likely N-dealkylation sites (tertiary alicyclic amines) is 2. The van der Waals surface area contributed by atoms with Crippen LogP contribution in [0.25, 0.3) is 0 Å². The van der Waals surface area contributed by atoms with Crippen LogP contribution in [0.1, 0.15) is 44.2 Å².